The van der Waals surface area contributed by atoms with Crippen LogP contribution in [-0.2, 0) is 20.2 Å². The van der Waals surface area contributed by atoms with Crippen LogP contribution in [0.2, 0.25) is 0 Å². The van der Waals surface area contributed by atoms with Crippen LogP contribution < -0.4 is 14.5 Å². The van der Waals surface area contributed by atoms with E-state index in [1.54, 1.807) is 31.2 Å². The number of para-hydroxylation sites is 1. The summed E-state index contributed by atoms with van der Waals surface area (Å²) in [4.78, 5) is 12.6. The molecule has 7 nitrogen and oxygen atoms in total. The van der Waals surface area contributed by atoms with E-state index < -0.39 is 22.5 Å². The molecule has 0 saturated carbocycles. The van der Waals surface area contributed by atoms with Gasteiger partial charge in [0.2, 0.25) is 10.0 Å². The highest BCUT2D eigenvalue weighted by Gasteiger charge is 2.21. The highest BCUT2D eigenvalue weighted by atomic mass is 32.2. The zero-order valence-electron chi connectivity index (χ0n) is 20.6. The second-order valence-corrected chi connectivity index (χ2v) is 11.1. The molecule has 0 aliphatic rings. The van der Waals surface area contributed by atoms with E-state index in [0.717, 1.165) is 16.1 Å². The van der Waals surface area contributed by atoms with Crippen LogP contribution in [0.25, 0.3) is 0 Å². The third-order valence-electron chi connectivity index (χ3n) is 5.31. The lowest BCUT2D eigenvalue weighted by Gasteiger charge is -2.21. The quantitative estimate of drug-likeness (QED) is 0.350. The van der Waals surface area contributed by atoms with Crippen molar-refractivity contribution in [1.82, 2.24) is 5.43 Å². The minimum atomic E-state index is -3.71. The van der Waals surface area contributed by atoms with Crippen molar-refractivity contribution >= 4 is 27.3 Å². The van der Waals surface area contributed by atoms with Crippen molar-refractivity contribution in [2.75, 3.05) is 17.1 Å². The summed E-state index contributed by atoms with van der Waals surface area (Å²) >= 11 is 0. The third-order valence-corrected chi connectivity index (χ3v) is 6.45. The monoisotopic (exact) mass is 493 g/mol. The van der Waals surface area contributed by atoms with E-state index in [0.29, 0.717) is 22.9 Å². The standard InChI is InChI=1S/C27H31N3O4S/c1-20(21-11-13-22(14-12-21)27(2,3)4)28-29-26(31)19-30(35(5,32)33)23-15-17-25(18-16-23)34-24-9-7-6-8-10-24/h6-18H,19H2,1-5H3,(H,29,31)/b28-20+. The van der Waals surface area contributed by atoms with Gasteiger partial charge >= 0.3 is 0 Å². The molecular formula is C27H31N3O4S. The maximum absolute atomic E-state index is 12.6. The Hall–Kier alpha value is -3.65. The summed E-state index contributed by atoms with van der Waals surface area (Å²) in [6.07, 6.45) is 1.06. The number of hydrogen-bond acceptors (Lipinski definition) is 5. The van der Waals surface area contributed by atoms with Crippen LogP contribution in [0.5, 0.6) is 11.5 Å². The molecule has 3 aromatic carbocycles. The van der Waals surface area contributed by atoms with E-state index in [1.807, 2.05) is 54.6 Å². The van der Waals surface area contributed by atoms with Crippen molar-refractivity contribution in [3.05, 3.63) is 90.0 Å². The molecule has 35 heavy (non-hydrogen) atoms. The predicted molar refractivity (Wildman–Crippen MR) is 141 cm³/mol. The number of nitrogens with zero attached hydrogens (tertiary/aromatic N) is 2. The Morgan fingerprint density at radius 2 is 1.49 bits per heavy atom. The summed E-state index contributed by atoms with van der Waals surface area (Å²) in [7, 11) is -3.71. The van der Waals surface area contributed by atoms with Crippen molar-refractivity contribution in [3.63, 3.8) is 0 Å². The van der Waals surface area contributed by atoms with Crippen molar-refractivity contribution in [3.8, 4) is 11.5 Å². The Kier molecular flexibility index (Phi) is 7.96. The summed E-state index contributed by atoms with van der Waals surface area (Å²) in [5.74, 6) is 0.669. The van der Waals surface area contributed by atoms with Gasteiger partial charge in [0.25, 0.3) is 5.91 Å². The molecule has 0 spiro atoms. The first-order chi connectivity index (χ1) is 16.4. The van der Waals surface area contributed by atoms with Crippen LogP contribution in [0.4, 0.5) is 5.69 Å². The zero-order valence-corrected chi connectivity index (χ0v) is 21.5. The smallest absolute Gasteiger partial charge is 0.260 e. The third kappa shape index (κ3) is 7.42. The number of rotatable bonds is 8. The molecule has 0 bridgehead atoms. The molecule has 0 aliphatic heterocycles. The van der Waals surface area contributed by atoms with Gasteiger partial charge in [-0.3, -0.25) is 9.10 Å². The molecule has 0 heterocycles. The molecule has 1 N–H and O–H groups in total. The molecule has 3 aromatic rings. The molecule has 184 valence electrons. The van der Waals surface area contributed by atoms with Crippen molar-refractivity contribution < 1.29 is 17.9 Å². The molecule has 1 amide bonds. The fourth-order valence-corrected chi connectivity index (χ4v) is 4.15. The molecule has 0 saturated heterocycles. The van der Waals surface area contributed by atoms with Crippen molar-refractivity contribution in [2.24, 2.45) is 5.10 Å². The Morgan fingerprint density at radius 3 is 2.03 bits per heavy atom. The van der Waals surface area contributed by atoms with Gasteiger partial charge in [0, 0.05) is 0 Å². The largest absolute Gasteiger partial charge is 0.457 e. The summed E-state index contributed by atoms with van der Waals surface area (Å²) in [5.41, 5.74) is 5.53. The van der Waals surface area contributed by atoms with E-state index in [2.05, 4.69) is 31.3 Å². The van der Waals surface area contributed by atoms with Crippen LogP contribution in [0.15, 0.2) is 84.0 Å². The zero-order chi connectivity index (χ0) is 25.6. The second kappa shape index (κ2) is 10.7. The predicted octanol–water partition coefficient (Wildman–Crippen LogP) is 5.08. The molecule has 0 atom stereocenters. The molecule has 3 rings (SSSR count). The number of nitrogens with one attached hydrogen (secondary N) is 1. The maximum atomic E-state index is 12.6. The number of carbonyl (C=O) groups is 1. The van der Waals surface area contributed by atoms with Gasteiger partial charge in [0.15, 0.2) is 0 Å². The summed E-state index contributed by atoms with van der Waals surface area (Å²) in [6.45, 7) is 7.80. The van der Waals surface area contributed by atoms with Crippen LogP contribution in [-0.4, -0.2) is 32.8 Å². The highest BCUT2D eigenvalue weighted by Crippen LogP contribution is 2.25. The summed E-state index contributed by atoms with van der Waals surface area (Å²) in [5, 5.41) is 4.15. The highest BCUT2D eigenvalue weighted by molar-refractivity contribution is 7.92. The number of anilines is 1. The van der Waals surface area contributed by atoms with E-state index in [1.165, 1.54) is 5.56 Å². The number of hydrazone groups is 1. The van der Waals surface area contributed by atoms with E-state index in [4.69, 9.17) is 4.74 Å². The van der Waals surface area contributed by atoms with Gasteiger partial charge in [0.05, 0.1) is 17.7 Å². The van der Waals surface area contributed by atoms with E-state index >= 15 is 0 Å². The molecule has 0 radical (unpaired) electrons. The topological polar surface area (TPSA) is 88.1 Å². The van der Waals surface area contributed by atoms with Gasteiger partial charge < -0.3 is 4.74 Å². The molecule has 0 aliphatic carbocycles. The van der Waals surface area contributed by atoms with E-state index in [9.17, 15) is 13.2 Å². The first-order valence-corrected chi connectivity index (χ1v) is 13.0. The minimum Gasteiger partial charge on any atom is -0.457 e. The molecular weight excluding hydrogens is 462 g/mol. The Bertz CT molecular complexity index is 1280. The Morgan fingerprint density at radius 1 is 0.914 bits per heavy atom. The Balaban J connectivity index is 1.68. The van der Waals surface area contributed by atoms with Gasteiger partial charge in [0.1, 0.15) is 18.0 Å². The van der Waals surface area contributed by atoms with Gasteiger partial charge in [-0.2, -0.15) is 5.10 Å². The average Bonchev–Trinajstić information content (AvgIpc) is 2.81. The summed E-state index contributed by atoms with van der Waals surface area (Å²) in [6, 6.07) is 23.7. The second-order valence-electron chi connectivity index (χ2n) is 9.24. The van der Waals surface area contributed by atoms with Crippen molar-refractivity contribution in [2.45, 2.75) is 33.1 Å². The lowest BCUT2D eigenvalue weighted by molar-refractivity contribution is -0.119. The van der Waals surface area contributed by atoms with Gasteiger partial charge in [-0.25, -0.2) is 13.8 Å². The number of ether oxygens (including phenoxy) is 1. The number of amides is 1. The lowest BCUT2D eigenvalue weighted by Crippen LogP contribution is -2.39. The van der Waals surface area contributed by atoms with Gasteiger partial charge in [-0.1, -0.05) is 63.2 Å². The Labute approximate surface area is 207 Å². The van der Waals surface area contributed by atoms with Crippen LogP contribution in [0, 0.1) is 0 Å². The molecule has 0 unspecified atom stereocenters. The lowest BCUT2D eigenvalue weighted by atomic mass is 9.86. The molecule has 8 heteroatoms. The van der Waals surface area contributed by atoms with Crippen LogP contribution >= 0.6 is 0 Å². The summed E-state index contributed by atoms with van der Waals surface area (Å²) < 4.78 is 31.6. The fraction of sp³-hybridized carbons (Fsp3) is 0.259. The number of carbonyl (C=O) groups excluding carboxylic acids is 1. The van der Waals surface area contributed by atoms with Crippen molar-refractivity contribution in [1.29, 1.82) is 0 Å². The van der Waals surface area contributed by atoms with E-state index in [-0.39, 0.29) is 5.41 Å². The maximum Gasteiger partial charge on any atom is 0.260 e. The van der Waals surface area contributed by atoms with Crippen LogP contribution in [0.3, 0.4) is 0 Å². The van der Waals surface area contributed by atoms with Gasteiger partial charge in [-0.15, -0.1) is 0 Å². The van der Waals surface area contributed by atoms with Crippen LogP contribution in [0.1, 0.15) is 38.8 Å². The van der Waals surface area contributed by atoms with Gasteiger partial charge in [-0.05, 0) is 59.9 Å². The number of hydrogen-bond donors (Lipinski definition) is 1. The average molecular weight is 494 g/mol. The molecule has 0 fully saturated rings. The number of benzene rings is 3. The fourth-order valence-electron chi connectivity index (χ4n) is 3.29. The first-order valence-electron chi connectivity index (χ1n) is 11.2. The SMILES string of the molecule is C/C(=N\NC(=O)CN(c1ccc(Oc2ccccc2)cc1)S(C)(=O)=O)c1ccc(C(C)(C)C)cc1. The number of sulfonamides is 1. The normalized spacial score (nSPS) is 12.2. The first kappa shape index (κ1) is 26.0. The molecule has 0 aromatic heterocycles. The minimum absolute atomic E-state index is 0.0404.